The summed E-state index contributed by atoms with van der Waals surface area (Å²) >= 11 is 8.69. The lowest BCUT2D eigenvalue weighted by molar-refractivity contribution is 0.0954. The molecule has 0 aliphatic carbocycles. The highest BCUT2D eigenvalue weighted by atomic mass is 127. The van der Waals surface area contributed by atoms with Gasteiger partial charge in [-0.2, -0.15) is 0 Å². The van der Waals surface area contributed by atoms with Crippen molar-refractivity contribution in [3.05, 3.63) is 48.1 Å². The van der Waals surface area contributed by atoms with E-state index in [0.29, 0.717) is 89.3 Å². The number of rotatable bonds is 7. The molecule has 0 atom stereocenters. The van der Waals surface area contributed by atoms with Gasteiger partial charge in [0.15, 0.2) is 3.77 Å². The molecule has 16 nitrogen and oxygen atoms in total. The van der Waals surface area contributed by atoms with E-state index in [-0.39, 0.29) is 11.8 Å². The SMILES string of the molecule is C1COCCN1.CNC(=O)c1c(I)oc2cc(N(C)S(C)(=O)=O)c(Br)cc12.CNC(=O)c1c(N2CCOCC2)oc2cc(N(C)S(C)(=O)=O)c(Br)cc12. The van der Waals surface area contributed by atoms with Crippen molar-refractivity contribution in [2.24, 2.45) is 0 Å². The predicted octanol–water partition coefficient (Wildman–Crippen LogP) is 3.95. The van der Waals surface area contributed by atoms with E-state index in [9.17, 15) is 26.4 Å². The first kappa shape index (κ1) is 43.1. The Bertz CT molecular complexity index is 2180. The van der Waals surface area contributed by atoms with Gasteiger partial charge >= 0.3 is 0 Å². The first-order valence-corrected chi connectivity index (χ1v) is 22.4. The second kappa shape index (κ2) is 18.3. The number of benzene rings is 2. The Morgan fingerprint density at radius 3 is 1.60 bits per heavy atom. The van der Waals surface area contributed by atoms with E-state index < -0.39 is 20.0 Å². The van der Waals surface area contributed by atoms with Crippen LogP contribution in [0.1, 0.15) is 20.7 Å². The molecule has 0 saturated carbocycles. The monoisotopic (exact) mass is 1020 g/mol. The number of nitrogens with one attached hydrogen (secondary N) is 3. The molecule has 4 aromatic rings. The third-order valence-electron chi connectivity index (χ3n) is 8.18. The Hall–Kier alpha value is -2.67. The first-order valence-electron chi connectivity index (χ1n) is 16.0. The van der Waals surface area contributed by atoms with E-state index in [1.807, 2.05) is 27.5 Å². The third-order valence-corrected chi connectivity index (χ3v) is 12.6. The van der Waals surface area contributed by atoms with Gasteiger partial charge in [0.25, 0.3) is 11.8 Å². The van der Waals surface area contributed by atoms with E-state index in [2.05, 4.69) is 47.8 Å². The summed E-state index contributed by atoms with van der Waals surface area (Å²) in [6.45, 7) is 6.16. The molecule has 2 aromatic carbocycles. The molecule has 292 valence electrons. The molecule has 6 rings (SSSR count). The summed E-state index contributed by atoms with van der Waals surface area (Å²) in [4.78, 5) is 26.4. The molecule has 0 radical (unpaired) electrons. The molecule has 4 heterocycles. The standard InChI is InChI=1S/C16H20BrN3O5S.C12H12BrIN2O4S.C4H9NO/c1-18-15(21)14-10-8-11(17)12(19(2)26(3,22)23)9-13(10)25-16(14)20-4-6-24-7-5-20;1-15-12(17)10-6-4-7(13)8(16(2)21(3,18)19)5-9(6)20-11(10)14;1-3-6-4-2-5-1/h8-9H,4-7H2,1-3H3,(H,18,21);4-5H,1-3H3,(H,15,17);5H,1-4H2. The highest BCUT2D eigenvalue weighted by molar-refractivity contribution is 14.1. The quantitative estimate of drug-likeness (QED) is 0.226. The molecule has 2 aromatic heterocycles. The maximum atomic E-state index is 12.5. The molecule has 0 spiro atoms. The zero-order chi connectivity index (χ0) is 39.2. The van der Waals surface area contributed by atoms with Crippen LogP contribution in [0, 0.1) is 3.77 Å². The summed E-state index contributed by atoms with van der Waals surface area (Å²) in [5, 5.41) is 9.59. The van der Waals surface area contributed by atoms with Crippen LogP contribution in [0.5, 0.6) is 0 Å². The molecule has 0 unspecified atom stereocenters. The van der Waals surface area contributed by atoms with Gasteiger partial charge in [0.1, 0.15) is 16.7 Å². The normalized spacial score (nSPS) is 14.8. The van der Waals surface area contributed by atoms with Crippen molar-refractivity contribution in [1.82, 2.24) is 16.0 Å². The minimum absolute atomic E-state index is 0.255. The summed E-state index contributed by atoms with van der Waals surface area (Å²) in [5.41, 5.74) is 2.64. The number of halogens is 3. The number of ether oxygens (including phenoxy) is 2. The molecular formula is C32H41Br2IN6O10S2. The van der Waals surface area contributed by atoms with Crippen molar-refractivity contribution in [3.63, 3.8) is 0 Å². The molecule has 2 aliphatic heterocycles. The number of anilines is 3. The van der Waals surface area contributed by atoms with Crippen LogP contribution in [0.25, 0.3) is 21.9 Å². The van der Waals surface area contributed by atoms with Crippen LogP contribution in [-0.2, 0) is 29.5 Å². The molecule has 2 fully saturated rings. The Kier molecular flexibility index (Phi) is 14.9. The summed E-state index contributed by atoms with van der Waals surface area (Å²) in [6.07, 6.45) is 2.24. The minimum Gasteiger partial charge on any atom is -0.449 e. The lowest BCUT2D eigenvalue weighted by atomic mass is 10.1. The Morgan fingerprint density at radius 1 is 0.755 bits per heavy atom. The van der Waals surface area contributed by atoms with E-state index in [4.69, 9.17) is 18.3 Å². The largest absolute Gasteiger partial charge is 0.449 e. The Balaban J connectivity index is 0.000000207. The van der Waals surface area contributed by atoms with Gasteiger partial charge in [-0.1, -0.05) is 0 Å². The number of sulfonamides is 2. The molecule has 53 heavy (non-hydrogen) atoms. The van der Waals surface area contributed by atoms with Gasteiger partial charge < -0.3 is 39.2 Å². The molecule has 2 amide bonds. The third kappa shape index (κ3) is 10.3. The summed E-state index contributed by atoms with van der Waals surface area (Å²) in [6, 6.07) is 6.61. The number of furan rings is 2. The molecular weight excluding hydrogens is 979 g/mol. The second-order valence-electron chi connectivity index (χ2n) is 11.7. The number of morpholine rings is 2. The Labute approximate surface area is 338 Å². The van der Waals surface area contributed by atoms with Crippen LogP contribution in [0.4, 0.5) is 17.3 Å². The van der Waals surface area contributed by atoms with Crippen LogP contribution in [0.2, 0.25) is 0 Å². The van der Waals surface area contributed by atoms with Gasteiger partial charge in [0.05, 0.1) is 55.9 Å². The zero-order valence-electron chi connectivity index (χ0n) is 29.8. The van der Waals surface area contributed by atoms with Gasteiger partial charge in [0.2, 0.25) is 25.9 Å². The highest BCUT2D eigenvalue weighted by Gasteiger charge is 2.28. The average molecular weight is 1020 g/mol. The number of carbonyl (C=O) groups is 2. The first-order chi connectivity index (χ1) is 24.9. The lowest BCUT2D eigenvalue weighted by Crippen LogP contribution is -2.37. The number of hydrogen-bond acceptors (Lipinski definition) is 12. The number of amides is 2. The molecule has 3 N–H and O–H groups in total. The molecule has 21 heteroatoms. The van der Waals surface area contributed by atoms with Gasteiger partial charge in [-0.15, -0.1) is 0 Å². The van der Waals surface area contributed by atoms with Crippen LogP contribution < -0.4 is 29.5 Å². The van der Waals surface area contributed by atoms with Crippen LogP contribution in [0.15, 0.2) is 42.0 Å². The number of hydrogen-bond donors (Lipinski definition) is 3. The van der Waals surface area contributed by atoms with E-state index in [0.717, 1.165) is 47.4 Å². The lowest BCUT2D eigenvalue weighted by Gasteiger charge is -2.27. The Morgan fingerprint density at radius 2 is 1.19 bits per heavy atom. The van der Waals surface area contributed by atoms with Crippen LogP contribution >= 0.6 is 54.5 Å². The van der Waals surface area contributed by atoms with Gasteiger partial charge in [-0.05, 0) is 44.0 Å². The van der Waals surface area contributed by atoms with Crippen molar-refractivity contribution < 1.29 is 44.7 Å². The molecule has 0 bridgehead atoms. The van der Waals surface area contributed by atoms with Gasteiger partial charge in [-0.3, -0.25) is 18.2 Å². The maximum absolute atomic E-state index is 12.5. The summed E-state index contributed by atoms with van der Waals surface area (Å²) in [5.74, 6) is -0.0515. The zero-order valence-corrected chi connectivity index (χ0v) is 36.8. The average Bonchev–Trinajstić information content (AvgIpc) is 3.66. The van der Waals surface area contributed by atoms with Crippen LogP contribution in [-0.4, -0.2) is 122 Å². The van der Waals surface area contributed by atoms with Gasteiger partial charge in [-0.25, -0.2) is 16.8 Å². The highest BCUT2D eigenvalue weighted by Crippen LogP contribution is 2.40. The van der Waals surface area contributed by atoms with Crippen molar-refractivity contribution in [2.45, 2.75) is 0 Å². The maximum Gasteiger partial charge on any atom is 0.257 e. The van der Waals surface area contributed by atoms with E-state index >= 15 is 0 Å². The summed E-state index contributed by atoms with van der Waals surface area (Å²) < 4.78 is 72.9. The second-order valence-corrected chi connectivity index (χ2v) is 18.4. The fraction of sp³-hybridized carbons (Fsp3) is 0.438. The summed E-state index contributed by atoms with van der Waals surface area (Å²) in [7, 11) is -0.809. The topological polar surface area (TPSA) is 193 Å². The fourth-order valence-electron chi connectivity index (χ4n) is 5.19. The van der Waals surface area contributed by atoms with E-state index in [1.165, 1.54) is 21.1 Å². The number of fused-ring (bicyclic) bond motifs is 2. The van der Waals surface area contributed by atoms with Crippen LogP contribution in [0.3, 0.4) is 0 Å². The van der Waals surface area contributed by atoms with Crippen molar-refractivity contribution in [3.8, 4) is 0 Å². The molecule has 2 aliphatic rings. The predicted molar refractivity (Wildman–Crippen MR) is 221 cm³/mol. The van der Waals surface area contributed by atoms with Crippen molar-refractivity contribution in [2.75, 3.05) is 107 Å². The number of nitrogens with zero attached hydrogens (tertiary/aromatic N) is 3. The van der Waals surface area contributed by atoms with Gasteiger partial charge in [0, 0.05) is 109 Å². The van der Waals surface area contributed by atoms with Crippen molar-refractivity contribution >= 4 is 126 Å². The van der Waals surface area contributed by atoms with E-state index in [1.54, 1.807) is 31.3 Å². The van der Waals surface area contributed by atoms with Crippen molar-refractivity contribution in [1.29, 1.82) is 0 Å². The minimum atomic E-state index is -3.44. The smallest absolute Gasteiger partial charge is 0.257 e. The number of carbonyl (C=O) groups excluding carboxylic acids is 2. The fourth-order valence-corrected chi connectivity index (χ4v) is 8.44. The molecule has 2 saturated heterocycles.